The number of carbonyl (C=O) groups excluding carboxylic acids is 1. The fourth-order valence-electron chi connectivity index (χ4n) is 2.34. The molecule has 0 aliphatic heterocycles. The van der Waals surface area contributed by atoms with E-state index >= 15 is 0 Å². The summed E-state index contributed by atoms with van der Waals surface area (Å²) in [6.07, 6.45) is 3.24. The second-order valence-corrected chi connectivity index (χ2v) is 7.89. The molecule has 26 heavy (non-hydrogen) atoms. The molecule has 0 aliphatic carbocycles. The summed E-state index contributed by atoms with van der Waals surface area (Å²) in [4.78, 5) is 29.6. The van der Waals surface area contributed by atoms with Gasteiger partial charge in [-0.2, -0.15) is 0 Å². The first-order valence-electron chi connectivity index (χ1n) is 7.75. The topological polar surface area (TPSA) is 68.4 Å². The number of thiophene rings is 1. The lowest BCUT2D eigenvalue weighted by Crippen LogP contribution is -2.19. The van der Waals surface area contributed by atoms with Crippen molar-refractivity contribution in [2.75, 3.05) is 14.2 Å². The Morgan fingerprint density at radius 2 is 1.77 bits per heavy atom. The van der Waals surface area contributed by atoms with Gasteiger partial charge in [0, 0.05) is 27.5 Å². The van der Waals surface area contributed by atoms with Crippen LogP contribution >= 0.6 is 22.7 Å². The summed E-state index contributed by atoms with van der Waals surface area (Å²) in [5, 5.41) is 0. The first-order valence-corrected chi connectivity index (χ1v) is 9.38. The van der Waals surface area contributed by atoms with Gasteiger partial charge >= 0.3 is 0 Å². The van der Waals surface area contributed by atoms with Crippen molar-refractivity contribution < 1.29 is 14.3 Å². The Kier molecular flexibility index (Phi) is 5.39. The van der Waals surface area contributed by atoms with Gasteiger partial charge < -0.3 is 14.5 Å². The van der Waals surface area contributed by atoms with Gasteiger partial charge in [0.1, 0.15) is 11.5 Å². The highest BCUT2D eigenvalue weighted by molar-refractivity contribution is 7.13. The van der Waals surface area contributed by atoms with Gasteiger partial charge in [-0.3, -0.25) is 9.59 Å². The Bertz CT molecular complexity index is 1100. The van der Waals surface area contributed by atoms with Gasteiger partial charge in [-0.25, -0.2) is 0 Å². The molecule has 5 nitrogen and oxygen atoms in total. The lowest BCUT2D eigenvalue weighted by Gasteiger charge is -2.06. The van der Waals surface area contributed by atoms with E-state index in [9.17, 15) is 9.59 Å². The fourth-order valence-corrected chi connectivity index (χ4v) is 4.11. The minimum atomic E-state index is -0.238. The number of thiazole rings is 1. The van der Waals surface area contributed by atoms with Crippen LogP contribution in [-0.2, 0) is 0 Å². The van der Waals surface area contributed by atoms with E-state index in [1.165, 1.54) is 36.5 Å². The van der Waals surface area contributed by atoms with Crippen LogP contribution in [-0.4, -0.2) is 25.0 Å². The molecule has 2 heterocycles. The van der Waals surface area contributed by atoms with E-state index in [2.05, 4.69) is 4.98 Å². The van der Waals surface area contributed by atoms with E-state index in [1.807, 2.05) is 25.1 Å². The Labute approximate surface area is 157 Å². The van der Waals surface area contributed by atoms with Crippen LogP contribution in [0, 0.1) is 6.92 Å². The van der Waals surface area contributed by atoms with E-state index in [-0.39, 0.29) is 11.3 Å². The molecular formula is C19H17NO4S2. The molecule has 0 radical (unpaired) electrons. The molecule has 0 amide bonds. The van der Waals surface area contributed by atoms with Gasteiger partial charge in [0.15, 0.2) is 5.78 Å². The molecule has 3 rings (SSSR count). The zero-order valence-electron chi connectivity index (χ0n) is 14.5. The van der Waals surface area contributed by atoms with E-state index in [0.717, 1.165) is 4.88 Å². The number of hydrogen-bond acceptors (Lipinski definition) is 6. The SMILES string of the molecule is COc1cc(OC)cc(C(=O)/C=c2/[nH]c(=O)/c(=C\c3ccc(C)s3)s2)c1. The monoisotopic (exact) mass is 387 g/mol. The van der Waals surface area contributed by atoms with Crippen molar-refractivity contribution in [3.05, 3.63) is 65.2 Å². The van der Waals surface area contributed by atoms with Crippen molar-refractivity contribution in [3.8, 4) is 11.5 Å². The summed E-state index contributed by atoms with van der Waals surface area (Å²) in [5.74, 6) is 0.823. The number of aromatic amines is 1. The molecule has 3 aromatic rings. The van der Waals surface area contributed by atoms with Crippen LogP contribution in [0.1, 0.15) is 20.1 Å². The van der Waals surface area contributed by atoms with Crippen LogP contribution in [0.5, 0.6) is 11.5 Å². The van der Waals surface area contributed by atoms with Gasteiger partial charge in [0.2, 0.25) is 0 Å². The Hall–Kier alpha value is -2.64. The Morgan fingerprint density at radius 3 is 2.35 bits per heavy atom. The number of benzene rings is 1. The molecule has 1 N–H and O–H groups in total. The molecule has 1 aromatic carbocycles. The molecule has 0 aliphatic rings. The van der Waals surface area contributed by atoms with Crippen LogP contribution < -0.4 is 24.2 Å². The molecule has 0 spiro atoms. The standard InChI is InChI=1S/C19H17NO4S2/c1-11-4-5-15(25-11)9-17-19(22)20-18(26-17)10-16(21)12-6-13(23-2)8-14(7-12)24-3/h4-10H,1-3H3,(H,20,22)/b17-9+,18-10-. The van der Waals surface area contributed by atoms with Crippen LogP contribution in [0.25, 0.3) is 12.2 Å². The Morgan fingerprint density at radius 1 is 1.08 bits per heavy atom. The number of Topliss-reactive ketones (excluding diaryl/α,β-unsaturated/α-hetero) is 1. The minimum Gasteiger partial charge on any atom is -0.497 e. The second-order valence-electron chi connectivity index (χ2n) is 5.49. The summed E-state index contributed by atoms with van der Waals surface area (Å²) < 4.78 is 11.4. The van der Waals surface area contributed by atoms with Gasteiger partial charge in [0.05, 0.1) is 23.4 Å². The maximum absolute atomic E-state index is 12.5. The normalized spacial score (nSPS) is 12.4. The number of aryl methyl sites for hydroxylation is 1. The van der Waals surface area contributed by atoms with Gasteiger partial charge in [-0.15, -0.1) is 22.7 Å². The van der Waals surface area contributed by atoms with E-state index in [0.29, 0.717) is 26.3 Å². The predicted molar refractivity (Wildman–Crippen MR) is 105 cm³/mol. The van der Waals surface area contributed by atoms with Crippen molar-refractivity contribution in [2.24, 2.45) is 0 Å². The summed E-state index contributed by atoms with van der Waals surface area (Å²) in [6.45, 7) is 2.01. The largest absolute Gasteiger partial charge is 0.497 e. The van der Waals surface area contributed by atoms with E-state index < -0.39 is 0 Å². The van der Waals surface area contributed by atoms with Gasteiger partial charge in [-0.05, 0) is 37.3 Å². The van der Waals surface area contributed by atoms with Crippen molar-refractivity contribution in [2.45, 2.75) is 6.92 Å². The summed E-state index contributed by atoms with van der Waals surface area (Å²) >= 11 is 2.86. The number of ketones is 1. The zero-order chi connectivity index (χ0) is 18.7. The number of hydrogen-bond donors (Lipinski definition) is 1. The van der Waals surface area contributed by atoms with E-state index in [4.69, 9.17) is 9.47 Å². The molecular weight excluding hydrogens is 370 g/mol. The van der Waals surface area contributed by atoms with Crippen molar-refractivity contribution >= 4 is 40.6 Å². The molecule has 0 fully saturated rings. The quantitative estimate of drug-likeness (QED) is 0.682. The van der Waals surface area contributed by atoms with Crippen LogP contribution in [0.4, 0.5) is 0 Å². The molecule has 0 saturated heterocycles. The smallest absolute Gasteiger partial charge is 0.266 e. The third-order valence-corrected chi connectivity index (χ3v) is 5.52. The third kappa shape index (κ3) is 4.12. The highest BCUT2D eigenvalue weighted by Crippen LogP contribution is 2.23. The summed E-state index contributed by atoms with van der Waals surface area (Å²) in [5.41, 5.74) is 0.221. The van der Waals surface area contributed by atoms with Crippen LogP contribution in [0.3, 0.4) is 0 Å². The molecule has 0 atom stereocenters. The Balaban J connectivity index is 1.98. The van der Waals surface area contributed by atoms with Crippen molar-refractivity contribution in [3.63, 3.8) is 0 Å². The fraction of sp³-hybridized carbons (Fsp3) is 0.158. The zero-order valence-corrected chi connectivity index (χ0v) is 16.1. The first kappa shape index (κ1) is 18.2. The minimum absolute atomic E-state index is 0.205. The van der Waals surface area contributed by atoms with E-state index in [1.54, 1.807) is 29.5 Å². The number of H-pyrrole nitrogens is 1. The molecule has 0 saturated carbocycles. The third-order valence-electron chi connectivity index (χ3n) is 3.61. The lowest BCUT2D eigenvalue weighted by molar-refractivity contribution is 0.106. The average Bonchev–Trinajstić information content (AvgIpc) is 3.19. The molecule has 7 heteroatoms. The van der Waals surface area contributed by atoms with Gasteiger partial charge in [-0.1, -0.05) is 0 Å². The lowest BCUT2D eigenvalue weighted by atomic mass is 10.1. The summed E-state index contributed by atoms with van der Waals surface area (Å²) in [6, 6.07) is 8.93. The number of aromatic nitrogens is 1. The maximum atomic E-state index is 12.5. The van der Waals surface area contributed by atoms with Crippen LogP contribution in [0.15, 0.2) is 35.1 Å². The second kappa shape index (κ2) is 7.72. The number of ether oxygens (including phenoxy) is 2. The van der Waals surface area contributed by atoms with Crippen molar-refractivity contribution in [1.29, 1.82) is 0 Å². The summed E-state index contributed by atoms with van der Waals surface area (Å²) in [7, 11) is 3.05. The van der Waals surface area contributed by atoms with Crippen LogP contribution in [0.2, 0.25) is 0 Å². The molecule has 0 unspecified atom stereocenters. The maximum Gasteiger partial charge on any atom is 0.266 e. The number of nitrogens with one attached hydrogen (secondary N) is 1. The molecule has 134 valence electrons. The van der Waals surface area contributed by atoms with Crippen molar-refractivity contribution in [1.82, 2.24) is 4.98 Å². The number of carbonyl (C=O) groups is 1. The molecule has 0 bridgehead atoms. The average molecular weight is 387 g/mol. The molecule has 2 aromatic heterocycles. The number of methoxy groups -OCH3 is 2. The highest BCUT2D eigenvalue weighted by Gasteiger charge is 2.08. The highest BCUT2D eigenvalue weighted by atomic mass is 32.1. The van der Waals surface area contributed by atoms with Gasteiger partial charge in [0.25, 0.3) is 5.56 Å². The first-order chi connectivity index (χ1) is 12.5. The predicted octanol–water partition coefficient (Wildman–Crippen LogP) is 2.32. The number of rotatable bonds is 5.